The van der Waals surface area contributed by atoms with Crippen LogP contribution in [0.4, 0.5) is 0 Å². The van der Waals surface area contributed by atoms with E-state index in [1.165, 1.54) is 5.56 Å². The van der Waals surface area contributed by atoms with Crippen LogP contribution < -0.4 is 4.74 Å². The third-order valence-corrected chi connectivity index (χ3v) is 4.21. The summed E-state index contributed by atoms with van der Waals surface area (Å²) in [7, 11) is 0. The molecule has 0 aliphatic carbocycles. The Morgan fingerprint density at radius 2 is 2.20 bits per heavy atom. The number of hydrogen-bond acceptors (Lipinski definition) is 3. The summed E-state index contributed by atoms with van der Waals surface area (Å²) in [5.41, 5.74) is 3.50. The van der Waals surface area contributed by atoms with Crippen molar-refractivity contribution in [1.29, 1.82) is 0 Å². The van der Waals surface area contributed by atoms with Gasteiger partial charge in [-0.05, 0) is 31.4 Å². The van der Waals surface area contributed by atoms with E-state index in [1.807, 2.05) is 18.2 Å². The SMILES string of the molecule is CCc1c(C)[nH]c(C2COc3ccccc3C2)nc1=S. The summed E-state index contributed by atoms with van der Waals surface area (Å²) < 4.78 is 6.55. The molecular formula is C16H18N2OS. The number of H-pyrrole nitrogens is 1. The van der Waals surface area contributed by atoms with Gasteiger partial charge in [-0.15, -0.1) is 0 Å². The maximum absolute atomic E-state index is 5.83. The first-order valence-corrected chi connectivity index (χ1v) is 7.40. The van der Waals surface area contributed by atoms with E-state index in [0.717, 1.165) is 40.3 Å². The van der Waals surface area contributed by atoms with E-state index in [4.69, 9.17) is 17.0 Å². The smallest absolute Gasteiger partial charge is 0.133 e. The van der Waals surface area contributed by atoms with Crippen molar-refractivity contribution in [2.45, 2.75) is 32.6 Å². The maximum Gasteiger partial charge on any atom is 0.133 e. The van der Waals surface area contributed by atoms with E-state index in [9.17, 15) is 0 Å². The number of hydrogen-bond donors (Lipinski definition) is 1. The molecule has 1 aliphatic heterocycles. The molecule has 3 nitrogen and oxygen atoms in total. The van der Waals surface area contributed by atoms with Crippen LogP contribution in [0.5, 0.6) is 5.75 Å². The molecule has 104 valence electrons. The molecule has 1 atom stereocenters. The molecular weight excluding hydrogens is 268 g/mol. The standard InChI is InChI=1S/C16H18N2OS/c1-3-13-10(2)17-15(18-16(13)20)12-8-11-6-4-5-7-14(11)19-9-12/h4-7,12H,3,8-9H2,1-2H3,(H,17,18,20). The van der Waals surface area contributed by atoms with Gasteiger partial charge in [0.15, 0.2) is 0 Å². The van der Waals surface area contributed by atoms with E-state index in [1.54, 1.807) is 0 Å². The van der Waals surface area contributed by atoms with Crippen LogP contribution in [0.15, 0.2) is 24.3 Å². The van der Waals surface area contributed by atoms with Gasteiger partial charge in [-0.3, -0.25) is 0 Å². The van der Waals surface area contributed by atoms with Crippen LogP contribution in [-0.2, 0) is 12.8 Å². The van der Waals surface area contributed by atoms with Gasteiger partial charge in [-0.2, -0.15) is 0 Å². The predicted molar refractivity (Wildman–Crippen MR) is 81.9 cm³/mol. The lowest BCUT2D eigenvalue weighted by Crippen LogP contribution is -2.21. The Bertz CT molecular complexity index is 693. The van der Waals surface area contributed by atoms with Crippen LogP contribution in [0.1, 0.15) is 35.5 Å². The molecule has 20 heavy (non-hydrogen) atoms. The normalized spacial score (nSPS) is 17.4. The minimum Gasteiger partial charge on any atom is -0.493 e. The van der Waals surface area contributed by atoms with Crippen molar-refractivity contribution >= 4 is 12.2 Å². The average molecular weight is 286 g/mol. The van der Waals surface area contributed by atoms with Crippen molar-refractivity contribution in [3.8, 4) is 5.75 Å². The minimum absolute atomic E-state index is 0.246. The molecule has 2 aromatic rings. The molecule has 1 N–H and O–H groups in total. The highest BCUT2D eigenvalue weighted by Gasteiger charge is 2.23. The lowest BCUT2D eigenvalue weighted by Gasteiger charge is -2.25. The van der Waals surface area contributed by atoms with Gasteiger partial charge in [0.1, 0.15) is 16.2 Å². The fraction of sp³-hybridized carbons (Fsp3) is 0.375. The van der Waals surface area contributed by atoms with E-state index in [-0.39, 0.29) is 5.92 Å². The Kier molecular flexibility index (Phi) is 3.57. The second kappa shape index (κ2) is 5.37. The highest BCUT2D eigenvalue weighted by atomic mass is 32.1. The van der Waals surface area contributed by atoms with Gasteiger partial charge in [0.05, 0.1) is 12.5 Å². The number of rotatable bonds is 2. The summed E-state index contributed by atoms with van der Waals surface area (Å²) >= 11 is 5.40. The first kappa shape index (κ1) is 13.3. The van der Waals surface area contributed by atoms with Crippen molar-refractivity contribution in [3.05, 3.63) is 51.6 Å². The third kappa shape index (κ3) is 2.36. The summed E-state index contributed by atoms with van der Waals surface area (Å²) in [6.07, 6.45) is 1.86. The highest BCUT2D eigenvalue weighted by molar-refractivity contribution is 7.71. The van der Waals surface area contributed by atoms with Crippen molar-refractivity contribution < 1.29 is 4.74 Å². The van der Waals surface area contributed by atoms with Crippen LogP contribution in [-0.4, -0.2) is 16.6 Å². The fourth-order valence-corrected chi connectivity index (χ4v) is 3.14. The number of nitrogens with zero attached hydrogens (tertiary/aromatic N) is 1. The molecule has 0 bridgehead atoms. The highest BCUT2D eigenvalue weighted by Crippen LogP contribution is 2.31. The minimum atomic E-state index is 0.246. The number of ether oxygens (including phenoxy) is 1. The van der Waals surface area contributed by atoms with Crippen LogP contribution in [0.25, 0.3) is 0 Å². The zero-order chi connectivity index (χ0) is 14.1. The predicted octanol–water partition coefficient (Wildman–Crippen LogP) is 3.73. The summed E-state index contributed by atoms with van der Waals surface area (Å²) in [6.45, 7) is 4.82. The quantitative estimate of drug-likeness (QED) is 0.855. The van der Waals surface area contributed by atoms with Crippen molar-refractivity contribution in [2.24, 2.45) is 0 Å². The second-order valence-electron chi connectivity index (χ2n) is 5.20. The molecule has 0 spiro atoms. The molecule has 1 aromatic heterocycles. The molecule has 1 unspecified atom stereocenters. The van der Waals surface area contributed by atoms with Crippen LogP contribution in [0.2, 0.25) is 0 Å². The zero-order valence-electron chi connectivity index (χ0n) is 11.8. The average Bonchev–Trinajstić information content (AvgIpc) is 2.46. The van der Waals surface area contributed by atoms with Crippen LogP contribution in [0.3, 0.4) is 0 Å². The molecule has 0 saturated heterocycles. The summed E-state index contributed by atoms with van der Waals surface area (Å²) in [6, 6.07) is 8.19. The number of benzene rings is 1. The lowest BCUT2D eigenvalue weighted by atomic mass is 9.96. The Labute approximate surface area is 124 Å². The van der Waals surface area contributed by atoms with Crippen molar-refractivity contribution in [3.63, 3.8) is 0 Å². The van der Waals surface area contributed by atoms with E-state index in [2.05, 4.69) is 29.9 Å². The van der Waals surface area contributed by atoms with Gasteiger partial charge in [-0.25, -0.2) is 4.98 Å². The van der Waals surface area contributed by atoms with Crippen molar-refractivity contribution in [2.75, 3.05) is 6.61 Å². The van der Waals surface area contributed by atoms with Gasteiger partial charge < -0.3 is 9.72 Å². The lowest BCUT2D eigenvalue weighted by molar-refractivity contribution is 0.257. The Morgan fingerprint density at radius 3 is 2.95 bits per heavy atom. The molecule has 4 heteroatoms. The van der Waals surface area contributed by atoms with Gasteiger partial charge in [0, 0.05) is 11.3 Å². The summed E-state index contributed by atoms with van der Waals surface area (Å²) in [5.74, 6) is 2.18. The monoisotopic (exact) mass is 286 g/mol. The van der Waals surface area contributed by atoms with Crippen LogP contribution >= 0.6 is 12.2 Å². The van der Waals surface area contributed by atoms with Gasteiger partial charge >= 0.3 is 0 Å². The molecule has 0 fully saturated rings. The Hall–Kier alpha value is -1.68. The molecule has 0 saturated carbocycles. The molecule has 1 aliphatic rings. The topological polar surface area (TPSA) is 37.9 Å². The largest absolute Gasteiger partial charge is 0.493 e. The van der Waals surface area contributed by atoms with Gasteiger partial charge in [0.25, 0.3) is 0 Å². The number of aromatic amines is 1. The molecule has 0 radical (unpaired) electrons. The molecule has 0 amide bonds. The summed E-state index contributed by atoms with van der Waals surface area (Å²) in [4.78, 5) is 7.99. The number of aromatic nitrogens is 2. The van der Waals surface area contributed by atoms with Crippen molar-refractivity contribution in [1.82, 2.24) is 9.97 Å². The van der Waals surface area contributed by atoms with E-state index in [0.29, 0.717) is 6.61 Å². The first-order valence-electron chi connectivity index (χ1n) is 6.99. The third-order valence-electron chi connectivity index (χ3n) is 3.87. The number of aryl methyl sites for hydroxylation is 1. The first-order chi connectivity index (χ1) is 9.69. The maximum atomic E-state index is 5.83. The van der Waals surface area contributed by atoms with Crippen LogP contribution in [0, 0.1) is 11.6 Å². The Balaban J connectivity index is 1.94. The molecule has 2 heterocycles. The summed E-state index contributed by atoms with van der Waals surface area (Å²) in [5, 5.41) is 0. The van der Waals surface area contributed by atoms with Gasteiger partial charge in [0.2, 0.25) is 0 Å². The number of nitrogens with one attached hydrogen (secondary N) is 1. The zero-order valence-corrected chi connectivity index (χ0v) is 12.6. The van der Waals surface area contributed by atoms with E-state index < -0.39 is 0 Å². The van der Waals surface area contributed by atoms with Gasteiger partial charge in [-0.1, -0.05) is 37.3 Å². The fourth-order valence-electron chi connectivity index (χ4n) is 2.75. The van der Waals surface area contributed by atoms with E-state index >= 15 is 0 Å². The Morgan fingerprint density at radius 1 is 1.40 bits per heavy atom. The number of para-hydroxylation sites is 1. The molecule has 1 aromatic carbocycles. The second-order valence-corrected chi connectivity index (χ2v) is 5.59. The number of fused-ring (bicyclic) bond motifs is 1. The molecule has 3 rings (SSSR count).